The van der Waals surface area contributed by atoms with Crippen molar-refractivity contribution in [2.24, 2.45) is 4.99 Å². The number of carbonyl (C=O) groups is 2. The zero-order valence-electron chi connectivity index (χ0n) is 13.1. The number of alkyl halides is 5. The number of carbonyl (C=O) groups excluding carboxylic acids is 1. The Balaban J connectivity index is 2.30. The lowest BCUT2D eigenvalue weighted by Gasteiger charge is -2.27. The van der Waals surface area contributed by atoms with E-state index in [1.165, 1.54) is 0 Å². The molecule has 3 N–H and O–H groups in total. The molecule has 0 aliphatic carbocycles. The van der Waals surface area contributed by atoms with Gasteiger partial charge >= 0.3 is 24.2 Å². The molecule has 1 saturated heterocycles. The number of likely N-dealkylation sites (tertiary alicyclic amines) is 1. The molecule has 3 amide bonds. The van der Waals surface area contributed by atoms with Crippen LogP contribution in [0.4, 0.5) is 31.5 Å². The number of amidine groups is 1. The maximum absolute atomic E-state index is 13.4. The van der Waals surface area contributed by atoms with Crippen LogP contribution in [0.2, 0.25) is 0 Å². The molecule has 0 unspecified atom stereocenters. The van der Waals surface area contributed by atoms with Crippen molar-refractivity contribution >= 4 is 23.7 Å². The Morgan fingerprint density at radius 2 is 1.81 bits per heavy atom. The van der Waals surface area contributed by atoms with E-state index in [9.17, 15) is 36.6 Å². The van der Waals surface area contributed by atoms with E-state index in [1.807, 2.05) is 0 Å². The van der Waals surface area contributed by atoms with E-state index in [4.69, 9.17) is 5.41 Å². The van der Waals surface area contributed by atoms with Gasteiger partial charge in [-0.05, 0) is 18.9 Å². The van der Waals surface area contributed by atoms with Crippen LogP contribution >= 0.6 is 0 Å². The summed E-state index contributed by atoms with van der Waals surface area (Å²) in [4.78, 5) is 28.2. The monoisotopic (exact) mass is 383 g/mol. The average molecular weight is 383 g/mol. The van der Waals surface area contributed by atoms with E-state index in [-0.39, 0.29) is 24.1 Å². The smallest absolute Gasteiger partial charge is 0.459 e. The maximum atomic E-state index is 13.4. The van der Waals surface area contributed by atoms with Crippen LogP contribution in [0.25, 0.3) is 0 Å². The van der Waals surface area contributed by atoms with Gasteiger partial charge in [0.25, 0.3) is 0 Å². The van der Waals surface area contributed by atoms with E-state index in [0.29, 0.717) is 12.8 Å². The molecular weight excluding hydrogens is 369 g/mol. The lowest BCUT2D eigenvalue weighted by molar-refractivity contribution is -0.266. The third-order valence-corrected chi connectivity index (χ3v) is 3.72. The maximum Gasteiger partial charge on any atom is 0.459 e. The molecule has 1 fully saturated rings. The second kappa shape index (κ2) is 6.88. The molecule has 0 spiro atoms. The minimum Gasteiger partial charge on any atom is -0.464 e. The minimum atomic E-state index is -5.89. The van der Waals surface area contributed by atoms with Gasteiger partial charge in [-0.1, -0.05) is 0 Å². The van der Waals surface area contributed by atoms with Gasteiger partial charge in [-0.25, -0.2) is 9.59 Å². The zero-order valence-corrected chi connectivity index (χ0v) is 13.1. The number of nitrogens with one attached hydrogen (secondary N) is 2. The highest BCUT2D eigenvalue weighted by atomic mass is 19.4. The first-order valence-corrected chi connectivity index (χ1v) is 7.32. The molecule has 2 aliphatic heterocycles. The molecule has 0 radical (unpaired) electrons. The van der Waals surface area contributed by atoms with Crippen LogP contribution in [0.15, 0.2) is 16.8 Å². The van der Waals surface area contributed by atoms with E-state index in [0.717, 1.165) is 4.90 Å². The molecule has 8 nitrogen and oxygen atoms in total. The van der Waals surface area contributed by atoms with Crippen molar-refractivity contribution < 1.29 is 36.6 Å². The molecule has 0 bridgehead atoms. The van der Waals surface area contributed by atoms with Gasteiger partial charge in [0, 0.05) is 13.1 Å². The van der Waals surface area contributed by atoms with Crippen LogP contribution in [0, 0.1) is 5.41 Å². The van der Waals surface area contributed by atoms with Crippen molar-refractivity contribution in [3.8, 4) is 0 Å². The summed E-state index contributed by atoms with van der Waals surface area (Å²) in [5.74, 6) is -6.35. The lowest BCUT2D eigenvalue weighted by Crippen LogP contribution is -2.51. The fourth-order valence-electron chi connectivity index (χ4n) is 2.38. The van der Waals surface area contributed by atoms with Crippen molar-refractivity contribution in [2.75, 3.05) is 19.8 Å². The molecule has 2 heterocycles. The number of urea groups is 1. The number of aliphatic imine (C=N–C) groups is 1. The Bertz CT molecular complexity index is 682. The molecule has 0 aromatic carbocycles. The first kappa shape index (κ1) is 19.6. The van der Waals surface area contributed by atoms with Crippen molar-refractivity contribution in [3.05, 3.63) is 11.8 Å². The summed E-state index contributed by atoms with van der Waals surface area (Å²) in [6, 6.07) is -1.08. The predicted octanol–water partition coefficient (Wildman–Crippen LogP) is 2.24. The fraction of sp³-hybridized carbons (Fsp3) is 0.538. The molecule has 0 aromatic rings. The molecule has 26 heavy (non-hydrogen) atoms. The highest BCUT2D eigenvalue weighted by Gasteiger charge is 2.60. The van der Waals surface area contributed by atoms with Gasteiger partial charge in [0.1, 0.15) is 12.4 Å². The van der Waals surface area contributed by atoms with Gasteiger partial charge < -0.3 is 15.3 Å². The largest absolute Gasteiger partial charge is 0.464 e. The fourth-order valence-corrected chi connectivity index (χ4v) is 2.38. The van der Waals surface area contributed by atoms with Crippen LogP contribution in [0.1, 0.15) is 12.8 Å². The average Bonchev–Trinajstić information content (AvgIpc) is 3.08. The van der Waals surface area contributed by atoms with E-state index in [1.54, 1.807) is 5.32 Å². The second-order valence-corrected chi connectivity index (χ2v) is 5.45. The highest BCUT2D eigenvalue weighted by Crippen LogP contribution is 2.40. The summed E-state index contributed by atoms with van der Waals surface area (Å²) in [6.07, 6.45) is -6.30. The molecule has 144 valence electrons. The summed E-state index contributed by atoms with van der Waals surface area (Å²) in [7, 11) is 0. The Kier molecular flexibility index (Phi) is 5.18. The van der Waals surface area contributed by atoms with Gasteiger partial charge in [-0.2, -0.15) is 26.9 Å². The van der Waals surface area contributed by atoms with Crippen LogP contribution in [-0.2, 0) is 0 Å². The first-order valence-electron chi connectivity index (χ1n) is 7.32. The minimum absolute atomic E-state index is 0.0324. The van der Waals surface area contributed by atoms with Gasteiger partial charge in [-0.15, -0.1) is 0 Å². The first-order chi connectivity index (χ1) is 12.0. The second-order valence-electron chi connectivity index (χ2n) is 5.45. The number of nitrogens with zero attached hydrogens (tertiary/aromatic N) is 3. The molecule has 2 aliphatic rings. The quantitative estimate of drug-likeness (QED) is 0.386. The van der Waals surface area contributed by atoms with Crippen molar-refractivity contribution in [1.82, 2.24) is 15.1 Å². The van der Waals surface area contributed by atoms with Crippen LogP contribution in [-0.4, -0.2) is 70.4 Å². The molecular formula is C13H14F5N5O3. The lowest BCUT2D eigenvalue weighted by atomic mass is 10.1. The summed E-state index contributed by atoms with van der Waals surface area (Å²) < 4.78 is 64.3. The van der Waals surface area contributed by atoms with Crippen molar-refractivity contribution in [1.29, 1.82) is 5.41 Å². The number of carboxylic acid groups (broad SMARTS) is 1. The molecule has 0 atom stereocenters. The predicted molar refractivity (Wildman–Crippen MR) is 78.3 cm³/mol. The molecule has 0 saturated carbocycles. The van der Waals surface area contributed by atoms with Crippen molar-refractivity contribution in [2.45, 2.75) is 24.9 Å². The summed E-state index contributed by atoms with van der Waals surface area (Å²) in [5, 5.41) is 18.7. The Morgan fingerprint density at radius 3 is 2.31 bits per heavy atom. The Morgan fingerprint density at radius 1 is 1.23 bits per heavy atom. The van der Waals surface area contributed by atoms with E-state index in [2.05, 4.69) is 4.99 Å². The number of hydrogen-bond acceptors (Lipinski definition) is 5. The summed E-state index contributed by atoms with van der Waals surface area (Å²) in [5.41, 5.74) is -2.36. The number of halogens is 5. The number of rotatable bonds is 2. The third kappa shape index (κ3) is 3.60. The number of imide groups is 1. The van der Waals surface area contributed by atoms with Crippen LogP contribution < -0.4 is 5.32 Å². The Hall–Kier alpha value is -2.73. The zero-order chi connectivity index (χ0) is 19.7. The summed E-state index contributed by atoms with van der Waals surface area (Å²) >= 11 is 0. The topological polar surface area (TPSA) is 109 Å². The number of hydrogen-bond donors (Lipinski definition) is 3. The molecule has 13 heteroatoms. The number of amides is 3. The molecule has 2 rings (SSSR count). The third-order valence-electron chi connectivity index (χ3n) is 3.72. The van der Waals surface area contributed by atoms with Gasteiger partial charge in [0.2, 0.25) is 0 Å². The van der Waals surface area contributed by atoms with Crippen molar-refractivity contribution in [3.63, 3.8) is 0 Å². The van der Waals surface area contributed by atoms with Gasteiger partial charge in [-0.3, -0.25) is 10.4 Å². The summed E-state index contributed by atoms with van der Waals surface area (Å²) in [6.45, 7) is -0.241. The van der Waals surface area contributed by atoms with Gasteiger partial charge in [0.05, 0.1) is 5.70 Å². The standard InChI is InChI=1S/C13H14F5N5O3/c14-12(15,13(16,17)18)8-5-7(20-6-21-8)9(19)23(11(25)26)10(24)22-3-1-2-4-22/h5,19,21H,1-4,6H2,(H,25,26). The van der Waals surface area contributed by atoms with Crippen LogP contribution in [0.5, 0.6) is 0 Å². The SMILES string of the molecule is N=C(C1=NCNC(C(F)(F)C(F)(F)F)=C1)N(C(=O)O)C(=O)N1CCCC1. The van der Waals surface area contributed by atoms with Crippen LogP contribution in [0.3, 0.4) is 0 Å². The normalized spacial score (nSPS) is 18.0. The number of allylic oxidation sites excluding steroid dienone is 1. The Labute approximate surface area is 143 Å². The van der Waals surface area contributed by atoms with E-state index >= 15 is 0 Å². The van der Waals surface area contributed by atoms with Gasteiger partial charge in [0.15, 0.2) is 5.84 Å². The molecule has 0 aromatic heterocycles. The van der Waals surface area contributed by atoms with E-state index < -0.39 is 48.1 Å². The highest BCUT2D eigenvalue weighted by molar-refractivity contribution is 6.48.